The average molecular weight is 383 g/mol. The number of nitriles is 1. The maximum Gasteiger partial charge on any atom is 0.237 e. The van der Waals surface area contributed by atoms with Crippen molar-refractivity contribution in [3.8, 4) is 6.07 Å². The Kier molecular flexibility index (Phi) is 6.92. The van der Waals surface area contributed by atoms with Crippen LogP contribution in [0.4, 0.5) is 10.1 Å². The van der Waals surface area contributed by atoms with E-state index in [1.807, 2.05) is 6.07 Å². The van der Waals surface area contributed by atoms with Crippen LogP contribution in [0.25, 0.3) is 0 Å². The number of benzene rings is 2. The van der Waals surface area contributed by atoms with Gasteiger partial charge in [-0.3, -0.25) is 4.79 Å². The first-order chi connectivity index (χ1) is 11.5. The smallest absolute Gasteiger partial charge is 0.237 e. The van der Waals surface area contributed by atoms with Crippen LogP contribution in [0.15, 0.2) is 47.4 Å². The summed E-state index contributed by atoms with van der Waals surface area (Å²) in [6.45, 7) is 0.125. The van der Waals surface area contributed by atoms with Crippen molar-refractivity contribution >= 4 is 46.6 Å². The second-order valence-electron chi connectivity index (χ2n) is 4.77. The molecule has 0 unspecified atom stereocenters. The Morgan fingerprint density at radius 2 is 2.00 bits per heavy atom. The minimum Gasteiger partial charge on any atom is -0.308 e. The van der Waals surface area contributed by atoms with Gasteiger partial charge in [-0.2, -0.15) is 5.26 Å². The van der Waals surface area contributed by atoms with E-state index in [4.69, 9.17) is 28.5 Å². The van der Waals surface area contributed by atoms with Crippen LogP contribution in [0.5, 0.6) is 0 Å². The quantitative estimate of drug-likeness (QED) is 0.647. The summed E-state index contributed by atoms with van der Waals surface area (Å²) in [4.78, 5) is 14.5. The standard InChI is InChI=1S/C17H13Cl2FN2OS/c18-12-6-7-13(19)16(10-12)24-11-17(23)22(9-3-8-21)15-5-2-1-4-14(15)20/h1-2,4-7,10H,3,9,11H2. The third-order valence-electron chi connectivity index (χ3n) is 3.14. The van der Waals surface area contributed by atoms with Crippen molar-refractivity contribution in [3.05, 3.63) is 58.3 Å². The zero-order chi connectivity index (χ0) is 17.5. The zero-order valence-electron chi connectivity index (χ0n) is 12.5. The Morgan fingerprint density at radius 1 is 1.25 bits per heavy atom. The average Bonchev–Trinajstić information content (AvgIpc) is 2.57. The molecular weight excluding hydrogens is 370 g/mol. The molecule has 1 amide bonds. The van der Waals surface area contributed by atoms with E-state index in [9.17, 15) is 9.18 Å². The molecular formula is C17H13Cl2FN2OS. The summed E-state index contributed by atoms with van der Waals surface area (Å²) in [5.41, 5.74) is 0.163. The molecule has 124 valence electrons. The molecule has 0 N–H and O–H groups in total. The zero-order valence-corrected chi connectivity index (χ0v) is 14.8. The van der Waals surface area contributed by atoms with E-state index in [0.29, 0.717) is 14.9 Å². The summed E-state index contributed by atoms with van der Waals surface area (Å²) in [5.74, 6) is -0.759. The van der Waals surface area contributed by atoms with Crippen LogP contribution < -0.4 is 4.90 Å². The second kappa shape index (κ2) is 8.93. The van der Waals surface area contributed by atoms with Crippen LogP contribution >= 0.6 is 35.0 Å². The Morgan fingerprint density at radius 3 is 2.71 bits per heavy atom. The van der Waals surface area contributed by atoms with Gasteiger partial charge in [0.05, 0.1) is 29.0 Å². The topological polar surface area (TPSA) is 44.1 Å². The fraction of sp³-hybridized carbons (Fsp3) is 0.176. The highest BCUT2D eigenvalue weighted by Crippen LogP contribution is 2.30. The summed E-state index contributed by atoms with van der Waals surface area (Å²) < 4.78 is 14.0. The molecule has 0 spiro atoms. The lowest BCUT2D eigenvalue weighted by Crippen LogP contribution is -2.34. The molecule has 24 heavy (non-hydrogen) atoms. The monoisotopic (exact) mass is 382 g/mol. The summed E-state index contributed by atoms with van der Waals surface area (Å²) in [6, 6.07) is 12.9. The Balaban J connectivity index is 2.15. The van der Waals surface area contributed by atoms with Crippen molar-refractivity contribution in [2.75, 3.05) is 17.2 Å². The molecule has 0 aliphatic rings. The number of hydrogen-bond acceptors (Lipinski definition) is 3. The van der Waals surface area contributed by atoms with Crippen molar-refractivity contribution in [1.29, 1.82) is 5.26 Å². The fourth-order valence-electron chi connectivity index (χ4n) is 2.02. The Bertz CT molecular complexity index is 779. The van der Waals surface area contributed by atoms with E-state index >= 15 is 0 Å². The molecule has 0 aliphatic heterocycles. The van der Waals surface area contributed by atoms with Gasteiger partial charge in [-0.05, 0) is 30.3 Å². The minimum absolute atomic E-state index is 0.0554. The normalized spacial score (nSPS) is 10.2. The van der Waals surface area contributed by atoms with Gasteiger partial charge in [-0.1, -0.05) is 35.3 Å². The van der Waals surface area contributed by atoms with Gasteiger partial charge in [0, 0.05) is 16.5 Å². The number of anilines is 1. The first-order valence-electron chi connectivity index (χ1n) is 7.02. The van der Waals surface area contributed by atoms with Gasteiger partial charge >= 0.3 is 0 Å². The van der Waals surface area contributed by atoms with Crippen LogP contribution in [0.2, 0.25) is 10.0 Å². The lowest BCUT2D eigenvalue weighted by Gasteiger charge is -2.22. The van der Waals surface area contributed by atoms with Crippen LogP contribution in [0.3, 0.4) is 0 Å². The van der Waals surface area contributed by atoms with E-state index in [1.54, 1.807) is 30.3 Å². The van der Waals surface area contributed by atoms with Crippen molar-refractivity contribution in [2.24, 2.45) is 0 Å². The number of carbonyl (C=O) groups excluding carboxylic acids is 1. The summed E-state index contributed by atoms with van der Waals surface area (Å²) in [5, 5.41) is 9.78. The number of thioether (sulfide) groups is 1. The molecule has 2 aromatic carbocycles. The lowest BCUT2D eigenvalue weighted by molar-refractivity contribution is -0.116. The maximum absolute atomic E-state index is 14.0. The first-order valence-corrected chi connectivity index (χ1v) is 8.76. The van der Waals surface area contributed by atoms with Gasteiger partial charge in [0.1, 0.15) is 5.82 Å². The SMILES string of the molecule is N#CCCN(C(=O)CSc1cc(Cl)ccc1Cl)c1ccccc1F. The van der Waals surface area contributed by atoms with Gasteiger partial charge in [0.25, 0.3) is 0 Å². The number of halogens is 3. The maximum atomic E-state index is 14.0. The number of hydrogen-bond donors (Lipinski definition) is 0. The van der Waals surface area contributed by atoms with Gasteiger partial charge in [-0.15, -0.1) is 11.8 Å². The molecule has 0 heterocycles. The van der Waals surface area contributed by atoms with Crippen molar-refractivity contribution in [1.82, 2.24) is 0 Å². The van der Waals surface area contributed by atoms with Gasteiger partial charge in [-0.25, -0.2) is 4.39 Å². The first kappa shape index (κ1) is 18.6. The third-order valence-corrected chi connectivity index (χ3v) is 4.85. The van der Waals surface area contributed by atoms with Crippen molar-refractivity contribution in [2.45, 2.75) is 11.3 Å². The molecule has 0 fully saturated rings. The molecule has 0 saturated carbocycles. The largest absolute Gasteiger partial charge is 0.308 e. The van der Waals surface area contributed by atoms with Gasteiger partial charge in [0.15, 0.2) is 0 Å². The molecule has 0 aromatic heterocycles. The van der Waals surface area contributed by atoms with Crippen LogP contribution in [0, 0.1) is 17.1 Å². The Labute approximate surface area is 154 Å². The van der Waals surface area contributed by atoms with E-state index in [2.05, 4.69) is 0 Å². The number of carbonyl (C=O) groups is 1. The van der Waals surface area contributed by atoms with E-state index in [1.165, 1.54) is 28.8 Å². The number of para-hydroxylation sites is 1. The summed E-state index contributed by atoms with van der Waals surface area (Å²) in [6.07, 6.45) is 0.114. The molecule has 2 rings (SSSR count). The minimum atomic E-state index is -0.505. The molecule has 2 aromatic rings. The van der Waals surface area contributed by atoms with Gasteiger partial charge in [0.2, 0.25) is 5.91 Å². The molecule has 0 radical (unpaired) electrons. The second-order valence-corrected chi connectivity index (χ2v) is 6.63. The van der Waals surface area contributed by atoms with E-state index in [-0.39, 0.29) is 30.3 Å². The molecule has 0 aliphatic carbocycles. The third kappa shape index (κ3) is 4.88. The predicted octanol–water partition coefficient (Wildman–Crippen LogP) is 5.17. The lowest BCUT2D eigenvalue weighted by atomic mass is 10.2. The van der Waals surface area contributed by atoms with E-state index in [0.717, 1.165) is 0 Å². The highest BCUT2D eigenvalue weighted by atomic mass is 35.5. The van der Waals surface area contributed by atoms with Crippen molar-refractivity contribution in [3.63, 3.8) is 0 Å². The number of amides is 1. The van der Waals surface area contributed by atoms with Crippen molar-refractivity contribution < 1.29 is 9.18 Å². The van der Waals surface area contributed by atoms with E-state index < -0.39 is 5.82 Å². The van der Waals surface area contributed by atoms with Crippen LogP contribution in [-0.2, 0) is 4.79 Å². The van der Waals surface area contributed by atoms with Crippen LogP contribution in [0.1, 0.15) is 6.42 Å². The molecule has 0 bridgehead atoms. The summed E-state index contributed by atoms with van der Waals surface area (Å²) >= 11 is 13.2. The molecule has 0 saturated heterocycles. The Hall–Kier alpha value is -1.74. The molecule has 7 heteroatoms. The van der Waals surface area contributed by atoms with Crippen LogP contribution in [-0.4, -0.2) is 18.2 Å². The molecule has 0 atom stereocenters. The summed E-state index contributed by atoms with van der Waals surface area (Å²) in [7, 11) is 0. The van der Waals surface area contributed by atoms with Gasteiger partial charge < -0.3 is 4.90 Å². The predicted molar refractivity (Wildman–Crippen MR) is 96.2 cm³/mol. The highest BCUT2D eigenvalue weighted by Gasteiger charge is 2.19. The number of nitrogens with zero attached hydrogens (tertiary/aromatic N) is 2. The fourth-order valence-corrected chi connectivity index (χ4v) is 3.39. The number of rotatable bonds is 6. The molecule has 3 nitrogen and oxygen atoms in total. The highest BCUT2D eigenvalue weighted by molar-refractivity contribution is 8.00.